The number of aromatic carboxylic acids is 1. The molecular formula is C17H21NO3. The van der Waals surface area contributed by atoms with Crippen molar-refractivity contribution in [1.82, 2.24) is 0 Å². The Morgan fingerprint density at radius 3 is 2.33 bits per heavy atom. The summed E-state index contributed by atoms with van der Waals surface area (Å²) in [4.78, 5) is 23.8. The second-order valence-electron chi connectivity index (χ2n) is 6.44. The van der Waals surface area contributed by atoms with Crippen molar-refractivity contribution in [2.75, 3.05) is 5.32 Å². The van der Waals surface area contributed by atoms with Crippen LogP contribution in [0.3, 0.4) is 0 Å². The van der Waals surface area contributed by atoms with Crippen molar-refractivity contribution < 1.29 is 14.7 Å². The molecule has 4 heteroatoms. The highest BCUT2D eigenvalue weighted by atomic mass is 16.4. The Balaban J connectivity index is 1.82. The number of nitrogens with one attached hydrogen (secondary N) is 1. The van der Waals surface area contributed by atoms with E-state index >= 15 is 0 Å². The van der Waals surface area contributed by atoms with Gasteiger partial charge in [-0.1, -0.05) is 18.9 Å². The number of hydrogen-bond donors (Lipinski definition) is 2. The van der Waals surface area contributed by atoms with Gasteiger partial charge in [-0.25, -0.2) is 4.79 Å². The first-order chi connectivity index (χ1) is 9.99. The van der Waals surface area contributed by atoms with Crippen LogP contribution in [0.2, 0.25) is 0 Å². The largest absolute Gasteiger partial charge is 0.478 e. The molecule has 0 aliphatic heterocycles. The van der Waals surface area contributed by atoms with Crippen molar-refractivity contribution in [3.05, 3.63) is 28.8 Å². The summed E-state index contributed by atoms with van der Waals surface area (Å²) in [6, 6.07) is 3.52. The lowest BCUT2D eigenvalue weighted by atomic mass is 10.0. The number of rotatable bonds is 3. The summed E-state index contributed by atoms with van der Waals surface area (Å²) in [7, 11) is 0. The first-order valence-electron chi connectivity index (χ1n) is 7.64. The molecular weight excluding hydrogens is 266 g/mol. The number of carbonyl (C=O) groups is 2. The van der Waals surface area contributed by atoms with Crippen LogP contribution < -0.4 is 5.32 Å². The number of carboxylic acids is 1. The first kappa shape index (κ1) is 14.1. The monoisotopic (exact) mass is 287 g/mol. The first-order valence-corrected chi connectivity index (χ1v) is 7.64. The van der Waals surface area contributed by atoms with Gasteiger partial charge in [-0.3, -0.25) is 4.79 Å². The van der Waals surface area contributed by atoms with E-state index in [1.807, 2.05) is 19.9 Å². The zero-order chi connectivity index (χ0) is 15.1. The van der Waals surface area contributed by atoms with E-state index in [-0.39, 0.29) is 17.4 Å². The van der Waals surface area contributed by atoms with E-state index in [2.05, 4.69) is 5.32 Å². The molecule has 1 aromatic rings. The van der Waals surface area contributed by atoms with Crippen LogP contribution in [0.15, 0.2) is 12.1 Å². The van der Waals surface area contributed by atoms with Crippen LogP contribution in [-0.4, -0.2) is 17.0 Å². The number of hydrogen-bond acceptors (Lipinski definition) is 2. The minimum atomic E-state index is -0.995. The molecule has 1 aromatic carbocycles. The van der Waals surface area contributed by atoms with Gasteiger partial charge in [-0.05, 0) is 55.7 Å². The van der Waals surface area contributed by atoms with Crippen molar-refractivity contribution in [1.29, 1.82) is 0 Å². The lowest BCUT2D eigenvalue weighted by Gasteiger charge is -2.13. The van der Waals surface area contributed by atoms with Gasteiger partial charge < -0.3 is 10.4 Å². The van der Waals surface area contributed by atoms with Crippen LogP contribution in [0.5, 0.6) is 0 Å². The van der Waals surface area contributed by atoms with Gasteiger partial charge in [0.15, 0.2) is 0 Å². The average Bonchev–Trinajstić information content (AvgIpc) is 3.15. The molecule has 0 bridgehead atoms. The van der Waals surface area contributed by atoms with E-state index in [4.69, 9.17) is 0 Å². The lowest BCUT2D eigenvalue weighted by molar-refractivity contribution is -0.117. The third kappa shape index (κ3) is 2.55. The van der Waals surface area contributed by atoms with E-state index in [0.717, 1.165) is 24.0 Å². The number of anilines is 1. The summed E-state index contributed by atoms with van der Waals surface area (Å²) in [5.41, 5.74) is 2.35. The van der Waals surface area contributed by atoms with Gasteiger partial charge >= 0.3 is 5.97 Å². The normalized spacial score (nSPS) is 26.9. The van der Waals surface area contributed by atoms with Crippen LogP contribution in [0.25, 0.3) is 0 Å². The standard InChI is InChI=1S/C17H21NO3/c1-9-7-10(2)15(13(8-9)17(20)21)18-16(19)14-11-5-3-4-6-12(11)14/h7-8,11-12,14H,3-6H2,1-2H3,(H,18,19)(H,20,21). The van der Waals surface area contributed by atoms with Gasteiger partial charge in [0.25, 0.3) is 0 Å². The second kappa shape index (κ2) is 5.17. The molecule has 0 aromatic heterocycles. The van der Waals surface area contributed by atoms with Crippen LogP contribution in [0, 0.1) is 31.6 Å². The van der Waals surface area contributed by atoms with Crippen molar-refractivity contribution in [2.45, 2.75) is 39.5 Å². The Kier molecular flexibility index (Phi) is 3.47. The molecule has 3 rings (SSSR count). The second-order valence-corrected chi connectivity index (χ2v) is 6.44. The lowest BCUT2D eigenvalue weighted by Crippen LogP contribution is -2.19. The summed E-state index contributed by atoms with van der Waals surface area (Å²) in [6.07, 6.45) is 4.71. The molecule has 0 spiro atoms. The number of benzene rings is 1. The smallest absolute Gasteiger partial charge is 0.337 e. The van der Waals surface area contributed by atoms with E-state index in [1.54, 1.807) is 6.07 Å². The number of carbonyl (C=O) groups excluding carboxylic acids is 1. The highest BCUT2D eigenvalue weighted by Crippen LogP contribution is 2.55. The molecule has 112 valence electrons. The predicted octanol–water partition coefficient (Wildman–Crippen LogP) is 3.38. The van der Waals surface area contributed by atoms with E-state index < -0.39 is 5.97 Å². The fraction of sp³-hybridized carbons (Fsp3) is 0.529. The molecule has 2 aliphatic rings. The summed E-state index contributed by atoms with van der Waals surface area (Å²) in [5, 5.41) is 12.2. The third-order valence-electron chi connectivity index (χ3n) is 4.92. The molecule has 2 aliphatic carbocycles. The van der Waals surface area contributed by atoms with Crippen LogP contribution in [-0.2, 0) is 4.79 Å². The number of fused-ring (bicyclic) bond motifs is 1. The molecule has 0 heterocycles. The number of amides is 1. The van der Waals surface area contributed by atoms with Gasteiger partial charge in [0.05, 0.1) is 11.3 Å². The predicted molar refractivity (Wildman–Crippen MR) is 80.4 cm³/mol. The van der Waals surface area contributed by atoms with E-state index in [9.17, 15) is 14.7 Å². The molecule has 2 saturated carbocycles. The fourth-order valence-electron chi connectivity index (χ4n) is 3.89. The summed E-state index contributed by atoms with van der Waals surface area (Å²) in [5.74, 6) is 0.150. The Labute approximate surface area is 124 Å². The average molecular weight is 287 g/mol. The van der Waals surface area contributed by atoms with Crippen molar-refractivity contribution >= 4 is 17.6 Å². The maximum atomic E-state index is 12.4. The SMILES string of the molecule is Cc1cc(C)c(NC(=O)C2C3CCCCC32)c(C(=O)O)c1. The third-order valence-corrected chi connectivity index (χ3v) is 4.92. The summed E-state index contributed by atoms with van der Waals surface area (Å²) < 4.78 is 0. The van der Waals surface area contributed by atoms with Crippen LogP contribution in [0.1, 0.15) is 47.2 Å². The molecule has 2 N–H and O–H groups in total. The topological polar surface area (TPSA) is 66.4 Å². The van der Waals surface area contributed by atoms with E-state index in [0.29, 0.717) is 17.5 Å². The maximum Gasteiger partial charge on any atom is 0.337 e. The van der Waals surface area contributed by atoms with Crippen molar-refractivity contribution in [2.24, 2.45) is 17.8 Å². The molecule has 2 fully saturated rings. The Hall–Kier alpha value is -1.84. The minimum absolute atomic E-state index is 0.00125. The van der Waals surface area contributed by atoms with Gasteiger partial charge in [0.2, 0.25) is 5.91 Å². The maximum absolute atomic E-state index is 12.4. The molecule has 2 unspecified atom stereocenters. The molecule has 2 atom stereocenters. The minimum Gasteiger partial charge on any atom is -0.478 e. The summed E-state index contributed by atoms with van der Waals surface area (Å²) >= 11 is 0. The van der Waals surface area contributed by atoms with Gasteiger partial charge in [0, 0.05) is 5.92 Å². The summed E-state index contributed by atoms with van der Waals surface area (Å²) in [6.45, 7) is 3.70. The zero-order valence-corrected chi connectivity index (χ0v) is 12.5. The number of aryl methyl sites for hydroxylation is 2. The molecule has 21 heavy (non-hydrogen) atoms. The highest BCUT2D eigenvalue weighted by Gasteiger charge is 2.54. The Bertz CT molecular complexity index is 596. The van der Waals surface area contributed by atoms with Gasteiger partial charge in [-0.2, -0.15) is 0 Å². The highest BCUT2D eigenvalue weighted by molar-refractivity contribution is 6.03. The Morgan fingerprint density at radius 2 is 1.76 bits per heavy atom. The fourth-order valence-corrected chi connectivity index (χ4v) is 3.89. The molecule has 4 nitrogen and oxygen atoms in total. The van der Waals surface area contributed by atoms with E-state index in [1.165, 1.54) is 12.8 Å². The molecule has 0 radical (unpaired) electrons. The van der Waals surface area contributed by atoms with Gasteiger partial charge in [-0.15, -0.1) is 0 Å². The van der Waals surface area contributed by atoms with Crippen molar-refractivity contribution in [3.8, 4) is 0 Å². The van der Waals surface area contributed by atoms with Crippen LogP contribution in [0.4, 0.5) is 5.69 Å². The van der Waals surface area contributed by atoms with Gasteiger partial charge in [0.1, 0.15) is 0 Å². The Morgan fingerprint density at radius 1 is 1.14 bits per heavy atom. The number of carboxylic acid groups (broad SMARTS) is 1. The molecule has 0 saturated heterocycles. The zero-order valence-electron chi connectivity index (χ0n) is 12.5. The molecule has 1 amide bonds. The quantitative estimate of drug-likeness (QED) is 0.895. The van der Waals surface area contributed by atoms with Crippen molar-refractivity contribution in [3.63, 3.8) is 0 Å². The van der Waals surface area contributed by atoms with Crippen LogP contribution >= 0.6 is 0 Å².